The summed E-state index contributed by atoms with van der Waals surface area (Å²) in [5.74, 6) is 0. The Hall–Kier alpha value is 0.354. The Bertz CT molecular complexity index is 70.8. The summed E-state index contributed by atoms with van der Waals surface area (Å²) in [5.41, 5.74) is 0. The van der Waals surface area contributed by atoms with Crippen LogP contribution >= 0.6 is 0 Å². The molecule has 0 saturated heterocycles. The lowest BCUT2D eigenvalue weighted by molar-refractivity contribution is 0.430. The van der Waals surface area contributed by atoms with Crippen LogP contribution in [0.3, 0.4) is 0 Å². The molecule has 0 spiro atoms. The van der Waals surface area contributed by atoms with E-state index < -0.39 is 9.28 Å². The van der Waals surface area contributed by atoms with Gasteiger partial charge in [-0.25, -0.2) is 0 Å². The van der Waals surface area contributed by atoms with Crippen LogP contribution in [0, 0.1) is 0 Å². The molecule has 0 bridgehead atoms. The third kappa shape index (κ3) is 6.47. The van der Waals surface area contributed by atoms with E-state index in [-0.39, 0.29) is 0 Å². The summed E-state index contributed by atoms with van der Waals surface area (Å²) in [6.45, 7) is 2.17. The van der Waals surface area contributed by atoms with Gasteiger partial charge in [-0.2, -0.15) is 0 Å². The molecule has 0 saturated carbocycles. The zero-order valence-corrected chi connectivity index (χ0v) is 8.39. The number of hydrogen-bond donors (Lipinski definition) is 1. The van der Waals surface area contributed by atoms with Crippen molar-refractivity contribution in [1.29, 1.82) is 0 Å². The molecule has 0 aliphatic rings. The Morgan fingerprint density at radius 1 is 1.40 bits per heavy atom. The summed E-state index contributed by atoms with van der Waals surface area (Å²) < 4.78 is 4.59. The summed E-state index contributed by atoms with van der Waals surface area (Å²) in [4.78, 5) is 8.99. The molecule has 10 heavy (non-hydrogen) atoms. The number of rotatable bonds is 6. The van der Waals surface area contributed by atoms with Crippen molar-refractivity contribution in [2.75, 3.05) is 0 Å². The maximum absolute atomic E-state index is 8.99. The first-order valence-corrected chi connectivity index (χ1v) is 5.66. The van der Waals surface area contributed by atoms with E-state index in [1.54, 1.807) is 0 Å². The number of unbranched alkanes of at least 4 members (excludes halogenated alkanes) is 3. The lowest BCUT2D eigenvalue weighted by Gasteiger charge is -2.02. The van der Waals surface area contributed by atoms with Crippen LogP contribution in [0.5, 0.6) is 0 Å². The molecule has 0 heterocycles. The quantitative estimate of drug-likeness (QED) is 0.483. The van der Waals surface area contributed by atoms with E-state index >= 15 is 0 Å². The molecule has 0 rings (SSSR count). The maximum Gasteiger partial charge on any atom is 0.370 e. The summed E-state index contributed by atoms with van der Waals surface area (Å²) in [6.07, 6.45) is 4.79. The van der Waals surface area contributed by atoms with Crippen LogP contribution in [0.2, 0.25) is 6.04 Å². The van der Waals surface area contributed by atoms with E-state index in [4.69, 9.17) is 4.80 Å². The van der Waals surface area contributed by atoms with Gasteiger partial charge in [0.2, 0.25) is 10.5 Å². The van der Waals surface area contributed by atoms with Crippen molar-refractivity contribution >= 4 is 19.8 Å². The van der Waals surface area contributed by atoms with Crippen molar-refractivity contribution in [2.45, 2.75) is 38.7 Å². The Morgan fingerprint density at radius 3 is 2.60 bits per heavy atom. The Kier molecular flexibility index (Phi) is 7.72. The van der Waals surface area contributed by atoms with E-state index in [9.17, 15) is 0 Å². The van der Waals surface area contributed by atoms with E-state index in [2.05, 4.69) is 21.5 Å². The van der Waals surface area contributed by atoms with Gasteiger partial charge in [-0.05, 0) is 6.04 Å². The van der Waals surface area contributed by atoms with Gasteiger partial charge >= 0.3 is 9.28 Å². The molecule has 4 radical (unpaired) electrons. The van der Waals surface area contributed by atoms with Crippen molar-refractivity contribution < 1.29 is 8.91 Å². The van der Waals surface area contributed by atoms with Crippen LogP contribution in [0.15, 0.2) is 0 Å². The predicted molar refractivity (Wildman–Crippen MR) is 43.8 cm³/mol. The minimum atomic E-state index is -1.50. The lowest BCUT2D eigenvalue weighted by atomic mass is 10.2. The summed E-state index contributed by atoms with van der Waals surface area (Å²) >= 11 is 0. The Labute approximate surface area is 68.0 Å². The lowest BCUT2D eigenvalue weighted by Crippen LogP contribution is -2.14. The van der Waals surface area contributed by atoms with Crippen molar-refractivity contribution in [3.8, 4) is 0 Å². The van der Waals surface area contributed by atoms with Crippen molar-refractivity contribution in [2.24, 2.45) is 0 Å². The highest BCUT2D eigenvalue weighted by molar-refractivity contribution is 6.47. The second-order valence-electron chi connectivity index (χ2n) is 2.31. The van der Waals surface area contributed by atoms with Crippen molar-refractivity contribution in [3.05, 3.63) is 0 Å². The minimum absolute atomic E-state index is 0.828. The molecule has 0 atom stereocenters. The van der Waals surface area contributed by atoms with E-state index in [1.165, 1.54) is 19.3 Å². The molecule has 2 nitrogen and oxygen atoms in total. The van der Waals surface area contributed by atoms with Crippen molar-refractivity contribution in [1.82, 2.24) is 0 Å². The first-order valence-electron chi connectivity index (χ1n) is 3.69. The highest BCUT2D eigenvalue weighted by Gasteiger charge is 2.05. The van der Waals surface area contributed by atoms with Crippen LogP contribution < -0.4 is 0 Å². The Balaban J connectivity index is 2.89. The highest BCUT2D eigenvalue weighted by atomic mass is 28.3. The topological polar surface area (TPSA) is 29.5 Å². The largest absolute Gasteiger partial charge is 0.436 e. The van der Waals surface area contributed by atoms with Crippen LogP contribution in [-0.2, 0) is 4.12 Å². The molecule has 4 heteroatoms. The van der Waals surface area contributed by atoms with Crippen LogP contribution in [0.25, 0.3) is 0 Å². The van der Waals surface area contributed by atoms with E-state index in [1.807, 2.05) is 0 Å². The molecule has 0 aliphatic carbocycles. The SMILES string of the molecule is CCCCCC[Si](O)O[Si]. The highest BCUT2D eigenvalue weighted by Crippen LogP contribution is 2.04. The molecular weight excluding hydrogens is 160 g/mol. The van der Waals surface area contributed by atoms with Gasteiger partial charge in [-0.15, -0.1) is 0 Å². The molecule has 0 aliphatic heterocycles. The normalized spacial score (nSPS) is 10.8. The molecule has 0 aromatic rings. The molecular formula is C6H14O2Si2. The van der Waals surface area contributed by atoms with Gasteiger partial charge in [0.05, 0.1) is 0 Å². The zero-order valence-electron chi connectivity index (χ0n) is 6.39. The molecule has 0 aromatic heterocycles. The van der Waals surface area contributed by atoms with Crippen LogP contribution in [0.1, 0.15) is 32.6 Å². The molecule has 58 valence electrons. The first kappa shape index (κ1) is 10.4. The van der Waals surface area contributed by atoms with Crippen LogP contribution in [-0.4, -0.2) is 24.6 Å². The minimum Gasteiger partial charge on any atom is -0.436 e. The molecule has 0 fully saturated rings. The van der Waals surface area contributed by atoms with E-state index in [0.717, 1.165) is 12.5 Å². The Morgan fingerprint density at radius 2 is 2.10 bits per heavy atom. The van der Waals surface area contributed by atoms with Gasteiger partial charge in [0, 0.05) is 0 Å². The first-order chi connectivity index (χ1) is 4.81. The van der Waals surface area contributed by atoms with Crippen LogP contribution in [0.4, 0.5) is 0 Å². The van der Waals surface area contributed by atoms with Gasteiger partial charge in [0.25, 0.3) is 0 Å². The van der Waals surface area contributed by atoms with Crippen molar-refractivity contribution in [3.63, 3.8) is 0 Å². The third-order valence-electron chi connectivity index (χ3n) is 1.36. The average Bonchev–Trinajstić information content (AvgIpc) is 1.98. The van der Waals surface area contributed by atoms with Gasteiger partial charge < -0.3 is 8.91 Å². The van der Waals surface area contributed by atoms with E-state index in [0.29, 0.717) is 0 Å². The number of hydrogen-bond acceptors (Lipinski definition) is 2. The zero-order chi connectivity index (χ0) is 7.82. The second-order valence-corrected chi connectivity index (χ2v) is 4.41. The standard InChI is InChI=1S/C6H14O2Si2/c1-2-3-4-5-6-10(7)8-9/h7H,2-6H2,1H3. The summed E-state index contributed by atoms with van der Waals surface area (Å²) in [5, 5.41) is 0. The fraction of sp³-hybridized carbons (Fsp3) is 1.00. The fourth-order valence-electron chi connectivity index (χ4n) is 0.754. The van der Waals surface area contributed by atoms with Gasteiger partial charge in [-0.1, -0.05) is 32.6 Å². The molecule has 0 amide bonds. The summed E-state index contributed by atoms with van der Waals surface area (Å²) in [7, 11) is 1.33. The van der Waals surface area contributed by atoms with Gasteiger partial charge in [0.15, 0.2) is 0 Å². The van der Waals surface area contributed by atoms with Gasteiger partial charge in [0.1, 0.15) is 0 Å². The second kappa shape index (κ2) is 7.46. The monoisotopic (exact) mass is 174 g/mol. The maximum atomic E-state index is 8.99. The van der Waals surface area contributed by atoms with Gasteiger partial charge in [-0.3, -0.25) is 0 Å². The molecule has 0 unspecified atom stereocenters. The fourth-order valence-corrected chi connectivity index (χ4v) is 1.71. The third-order valence-corrected chi connectivity index (χ3v) is 3.09. The molecule has 0 aromatic carbocycles. The smallest absolute Gasteiger partial charge is 0.370 e. The summed E-state index contributed by atoms with van der Waals surface area (Å²) in [6, 6.07) is 0.828. The average molecular weight is 174 g/mol. The molecule has 1 N–H and O–H groups in total. The predicted octanol–water partition coefficient (Wildman–Crippen LogP) is 1.15.